The van der Waals surface area contributed by atoms with Crippen molar-refractivity contribution in [1.82, 2.24) is 0 Å². The summed E-state index contributed by atoms with van der Waals surface area (Å²) in [5.41, 5.74) is 1.42. The maximum absolute atomic E-state index is 12.9. The van der Waals surface area contributed by atoms with E-state index in [0.717, 1.165) is 5.56 Å². The Bertz CT molecular complexity index is 723. The Hall–Kier alpha value is -2.82. The standard InChI is InChI=1S/C19H19FO4/c1-13(14-4-7-16(20)8-5-14)24-19(21)11-6-15-12-17(22-2)9-10-18(15)23-3/h4-13H,1-3H3/b11-6+/t13-/m1/s1. The molecule has 0 aromatic heterocycles. The van der Waals surface area contributed by atoms with E-state index in [1.54, 1.807) is 57.6 Å². The average molecular weight is 330 g/mol. The lowest BCUT2D eigenvalue weighted by Crippen LogP contribution is -2.06. The van der Waals surface area contributed by atoms with Crippen LogP contribution in [0.5, 0.6) is 11.5 Å². The minimum absolute atomic E-state index is 0.331. The van der Waals surface area contributed by atoms with Gasteiger partial charge in [-0.15, -0.1) is 0 Å². The van der Waals surface area contributed by atoms with Crippen LogP contribution in [-0.4, -0.2) is 20.2 Å². The van der Waals surface area contributed by atoms with Crippen molar-refractivity contribution in [2.24, 2.45) is 0 Å². The second kappa shape index (κ2) is 8.15. The van der Waals surface area contributed by atoms with Gasteiger partial charge in [0.25, 0.3) is 0 Å². The molecule has 0 amide bonds. The number of ether oxygens (including phenoxy) is 3. The number of hydrogen-bond donors (Lipinski definition) is 0. The SMILES string of the molecule is COc1ccc(OC)c(/C=C/C(=O)O[C@H](C)c2ccc(F)cc2)c1. The molecule has 0 aliphatic carbocycles. The van der Waals surface area contributed by atoms with Gasteiger partial charge in [-0.05, 0) is 48.9 Å². The van der Waals surface area contributed by atoms with E-state index in [9.17, 15) is 9.18 Å². The highest BCUT2D eigenvalue weighted by molar-refractivity contribution is 5.87. The highest BCUT2D eigenvalue weighted by atomic mass is 19.1. The average Bonchev–Trinajstić information content (AvgIpc) is 2.60. The van der Waals surface area contributed by atoms with Gasteiger partial charge in [-0.1, -0.05) is 12.1 Å². The van der Waals surface area contributed by atoms with Crippen molar-refractivity contribution in [1.29, 1.82) is 0 Å². The Morgan fingerprint density at radius 1 is 1.08 bits per heavy atom. The van der Waals surface area contributed by atoms with Crippen molar-refractivity contribution in [3.63, 3.8) is 0 Å². The van der Waals surface area contributed by atoms with Gasteiger partial charge in [0.05, 0.1) is 14.2 Å². The van der Waals surface area contributed by atoms with E-state index in [2.05, 4.69) is 0 Å². The van der Waals surface area contributed by atoms with Crippen LogP contribution in [0.2, 0.25) is 0 Å². The minimum Gasteiger partial charge on any atom is -0.497 e. The van der Waals surface area contributed by atoms with E-state index in [1.165, 1.54) is 18.2 Å². The van der Waals surface area contributed by atoms with Gasteiger partial charge in [-0.25, -0.2) is 9.18 Å². The van der Waals surface area contributed by atoms with Gasteiger partial charge >= 0.3 is 5.97 Å². The molecule has 0 fully saturated rings. The first kappa shape index (κ1) is 17.5. The number of benzene rings is 2. The molecular formula is C19H19FO4. The van der Waals surface area contributed by atoms with Crippen molar-refractivity contribution in [3.05, 3.63) is 65.5 Å². The van der Waals surface area contributed by atoms with Gasteiger partial charge in [0, 0.05) is 11.6 Å². The molecule has 5 heteroatoms. The Morgan fingerprint density at radius 2 is 1.79 bits per heavy atom. The quantitative estimate of drug-likeness (QED) is 0.589. The summed E-state index contributed by atoms with van der Waals surface area (Å²) in [6.07, 6.45) is 2.44. The van der Waals surface area contributed by atoms with Crippen molar-refractivity contribution in [2.75, 3.05) is 14.2 Å². The number of esters is 1. The van der Waals surface area contributed by atoms with E-state index in [4.69, 9.17) is 14.2 Å². The van der Waals surface area contributed by atoms with Crippen LogP contribution in [0.25, 0.3) is 6.08 Å². The smallest absolute Gasteiger partial charge is 0.331 e. The zero-order valence-electron chi connectivity index (χ0n) is 13.8. The largest absolute Gasteiger partial charge is 0.497 e. The summed E-state index contributed by atoms with van der Waals surface area (Å²) in [5.74, 6) is 0.439. The fourth-order valence-corrected chi connectivity index (χ4v) is 2.14. The minimum atomic E-state index is -0.503. The molecule has 1 atom stereocenters. The van der Waals surface area contributed by atoms with Crippen LogP contribution in [0.3, 0.4) is 0 Å². The lowest BCUT2D eigenvalue weighted by Gasteiger charge is -2.12. The Balaban J connectivity index is 2.06. The Labute approximate surface area is 140 Å². The van der Waals surface area contributed by atoms with E-state index >= 15 is 0 Å². The Morgan fingerprint density at radius 3 is 2.42 bits per heavy atom. The molecule has 2 aromatic rings. The number of carbonyl (C=O) groups is 1. The molecule has 0 aliphatic rings. The molecular weight excluding hydrogens is 311 g/mol. The molecule has 0 saturated heterocycles. The molecule has 24 heavy (non-hydrogen) atoms. The molecule has 126 valence electrons. The first-order valence-corrected chi connectivity index (χ1v) is 7.39. The molecule has 4 nitrogen and oxygen atoms in total. The van der Waals surface area contributed by atoms with Gasteiger partial charge in [-0.2, -0.15) is 0 Å². The number of methoxy groups -OCH3 is 2. The van der Waals surface area contributed by atoms with E-state index in [0.29, 0.717) is 17.1 Å². The predicted molar refractivity (Wildman–Crippen MR) is 89.5 cm³/mol. The number of carbonyl (C=O) groups excluding carboxylic acids is 1. The maximum atomic E-state index is 12.9. The van der Waals surface area contributed by atoms with Gasteiger partial charge in [-0.3, -0.25) is 0 Å². The molecule has 0 saturated carbocycles. The highest BCUT2D eigenvalue weighted by Crippen LogP contribution is 2.25. The number of hydrogen-bond acceptors (Lipinski definition) is 4. The number of rotatable bonds is 6. The third-order valence-electron chi connectivity index (χ3n) is 3.47. The van der Waals surface area contributed by atoms with E-state index < -0.39 is 12.1 Å². The molecule has 0 N–H and O–H groups in total. The summed E-state index contributed by atoms with van der Waals surface area (Å²) < 4.78 is 28.6. The Kier molecular flexibility index (Phi) is 5.95. The third kappa shape index (κ3) is 4.59. The molecule has 0 spiro atoms. The van der Waals surface area contributed by atoms with Crippen molar-refractivity contribution >= 4 is 12.0 Å². The normalized spacial score (nSPS) is 12.0. The van der Waals surface area contributed by atoms with Crippen LogP contribution in [-0.2, 0) is 9.53 Å². The van der Waals surface area contributed by atoms with E-state index in [1.807, 2.05) is 0 Å². The zero-order valence-corrected chi connectivity index (χ0v) is 13.8. The van der Waals surface area contributed by atoms with Gasteiger partial charge < -0.3 is 14.2 Å². The fraction of sp³-hybridized carbons (Fsp3) is 0.211. The van der Waals surface area contributed by atoms with Crippen LogP contribution >= 0.6 is 0 Å². The van der Waals surface area contributed by atoms with Gasteiger partial charge in [0.1, 0.15) is 23.4 Å². The molecule has 0 aliphatic heterocycles. The van der Waals surface area contributed by atoms with Crippen LogP contribution in [0.15, 0.2) is 48.5 Å². The summed E-state index contributed by atoms with van der Waals surface area (Å²) in [6, 6.07) is 11.1. The fourth-order valence-electron chi connectivity index (χ4n) is 2.14. The lowest BCUT2D eigenvalue weighted by atomic mass is 10.1. The summed E-state index contributed by atoms with van der Waals surface area (Å²) >= 11 is 0. The van der Waals surface area contributed by atoms with Crippen molar-refractivity contribution in [2.45, 2.75) is 13.0 Å². The summed E-state index contributed by atoms with van der Waals surface area (Å²) in [4.78, 5) is 12.0. The van der Waals surface area contributed by atoms with Crippen LogP contribution in [0.4, 0.5) is 4.39 Å². The van der Waals surface area contributed by atoms with Crippen molar-refractivity contribution < 1.29 is 23.4 Å². The summed E-state index contributed by atoms with van der Waals surface area (Å²) in [7, 11) is 3.11. The number of halogens is 1. The second-order valence-electron chi connectivity index (χ2n) is 5.07. The summed E-state index contributed by atoms with van der Waals surface area (Å²) in [5, 5.41) is 0. The molecule has 0 radical (unpaired) electrons. The van der Waals surface area contributed by atoms with Crippen LogP contribution < -0.4 is 9.47 Å². The predicted octanol–water partition coefficient (Wildman–Crippen LogP) is 4.16. The monoisotopic (exact) mass is 330 g/mol. The summed E-state index contributed by atoms with van der Waals surface area (Å²) in [6.45, 7) is 1.73. The first-order chi connectivity index (χ1) is 11.5. The van der Waals surface area contributed by atoms with Gasteiger partial charge in [0.15, 0.2) is 0 Å². The molecule has 2 rings (SSSR count). The second-order valence-corrected chi connectivity index (χ2v) is 5.07. The molecule has 0 unspecified atom stereocenters. The van der Waals surface area contributed by atoms with E-state index in [-0.39, 0.29) is 5.82 Å². The molecule has 0 heterocycles. The first-order valence-electron chi connectivity index (χ1n) is 7.39. The molecule has 2 aromatic carbocycles. The van der Waals surface area contributed by atoms with Gasteiger partial charge in [0.2, 0.25) is 0 Å². The van der Waals surface area contributed by atoms with Crippen LogP contribution in [0, 0.1) is 5.82 Å². The van der Waals surface area contributed by atoms with Crippen molar-refractivity contribution in [3.8, 4) is 11.5 Å². The molecule has 0 bridgehead atoms. The topological polar surface area (TPSA) is 44.8 Å². The maximum Gasteiger partial charge on any atom is 0.331 e. The zero-order chi connectivity index (χ0) is 17.5. The third-order valence-corrected chi connectivity index (χ3v) is 3.47. The lowest BCUT2D eigenvalue weighted by molar-refractivity contribution is -0.142. The van der Waals surface area contributed by atoms with Crippen LogP contribution in [0.1, 0.15) is 24.2 Å². The highest BCUT2D eigenvalue weighted by Gasteiger charge is 2.10.